The van der Waals surface area contributed by atoms with Gasteiger partial charge in [-0.15, -0.1) is 0 Å². The molecule has 3 atom stereocenters. The molecule has 12 heteroatoms. The van der Waals surface area contributed by atoms with Crippen molar-refractivity contribution in [3.63, 3.8) is 0 Å². The Balaban J connectivity index is 1.16. The van der Waals surface area contributed by atoms with Gasteiger partial charge >= 0.3 is 6.18 Å². The summed E-state index contributed by atoms with van der Waals surface area (Å²) < 4.78 is 49.8. The molecule has 3 unspecified atom stereocenters. The second kappa shape index (κ2) is 14.0. The summed E-state index contributed by atoms with van der Waals surface area (Å²) in [5, 5.41) is 4.12. The lowest BCUT2D eigenvalue weighted by Gasteiger charge is -2.31. The van der Waals surface area contributed by atoms with Crippen LogP contribution in [-0.4, -0.2) is 76.3 Å². The smallest absolute Gasteiger partial charge is 0.376 e. The molecule has 2 saturated heterocycles. The number of aromatic nitrogens is 1. The van der Waals surface area contributed by atoms with Crippen LogP contribution in [0.2, 0.25) is 10.0 Å². The number of aryl methyl sites for hydroxylation is 1. The lowest BCUT2D eigenvalue weighted by Crippen LogP contribution is -2.48. The average molecular weight is 694 g/mol. The van der Waals surface area contributed by atoms with Crippen molar-refractivity contribution in [2.75, 3.05) is 25.0 Å². The number of hydrogen-bond acceptors (Lipinski definition) is 4. The summed E-state index contributed by atoms with van der Waals surface area (Å²) >= 11 is 13.3. The number of ether oxygens (including phenoxy) is 1. The maximum atomic E-state index is 13.9. The number of amides is 2. The third-order valence-electron chi connectivity index (χ3n) is 10.2. The molecule has 3 aliphatic rings. The topological polar surface area (TPSA) is 66.8 Å². The maximum Gasteiger partial charge on any atom is 0.404 e. The van der Waals surface area contributed by atoms with E-state index in [-0.39, 0.29) is 53.4 Å². The van der Waals surface area contributed by atoms with Gasteiger partial charge < -0.3 is 19.5 Å². The second-order valence-corrected chi connectivity index (χ2v) is 14.3. The predicted molar refractivity (Wildman–Crippen MR) is 178 cm³/mol. The number of para-hydroxylation sites is 1. The molecule has 3 aromatic rings. The molecule has 0 spiro atoms. The summed E-state index contributed by atoms with van der Waals surface area (Å²) in [7, 11) is 1.87. The first kappa shape index (κ1) is 34.1. The molecule has 3 fully saturated rings. The number of nitrogens with zero attached hydrogens (tertiary/aromatic N) is 3. The highest BCUT2D eigenvalue weighted by molar-refractivity contribution is 6.36. The fraction of sp³-hybridized carbons (Fsp3) is 0.543. The molecule has 0 radical (unpaired) electrons. The lowest BCUT2D eigenvalue weighted by molar-refractivity contribution is -0.180. The molecule has 1 saturated carbocycles. The fourth-order valence-electron chi connectivity index (χ4n) is 7.61. The molecular weight excluding hydrogens is 652 g/mol. The zero-order chi connectivity index (χ0) is 33.5. The van der Waals surface area contributed by atoms with E-state index in [4.69, 9.17) is 27.9 Å². The van der Waals surface area contributed by atoms with E-state index in [0.717, 1.165) is 36.6 Å². The van der Waals surface area contributed by atoms with Gasteiger partial charge in [-0.05, 0) is 81.2 Å². The third-order valence-corrected chi connectivity index (χ3v) is 10.9. The lowest BCUT2D eigenvalue weighted by atomic mass is 9.89. The molecule has 1 aromatic heterocycles. The number of likely N-dealkylation sites (tertiary alicyclic amines) is 2. The summed E-state index contributed by atoms with van der Waals surface area (Å²) in [4.78, 5) is 30.3. The molecular formula is C35H41Cl2F3N4O3. The van der Waals surface area contributed by atoms with E-state index in [0.29, 0.717) is 48.7 Å². The van der Waals surface area contributed by atoms with Gasteiger partial charge in [0.25, 0.3) is 5.91 Å². The number of nitrogens with one attached hydrogen (secondary N) is 1. The number of carbonyl (C=O) groups excluding carboxylic acids is 2. The Morgan fingerprint density at radius 2 is 1.79 bits per heavy atom. The number of alkyl halides is 3. The largest absolute Gasteiger partial charge is 0.404 e. The van der Waals surface area contributed by atoms with Crippen LogP contribution in [0.1, 0.15) is 67.8 Å². The predicted octanol–water partition coefficient (Wildman–Crippen LogP) is 7.87. The Bertz CT molecular complexity index is 1620. The molecule has 0 bridgehead atoms. The van der Waals surface area contributed by atoms with Crippen LogP contribution in [0.5, 0.6) is 0 Å². The normalized spacial score (nSPS) is 25.5. The van der Waals surface area contributed by atoms with Crippen molar-refractivity contribution in [2.45, 2.75) is 88.7 Å². The van der Waals surface area contributed by atoms with Gasteiger partial charge in [0.15, 0.2) is 0 Å². The van der Waals surface area contributed by atoms with Crippen molar-refractivity contribution in [3.8, 4) is 0 Å². The molecule has 2 aromatic carbocycles. The van der Waals surface area contributed by atoms with Crippen molar-refractivity contribution >= 4 is 51.6 Å². The van der Waals surface area contributed by atoms with Crippen molar-refractivity contribution in [2.24, 2.45) is 13.0 Å². The van der Waals surface area contributed by atoms with Gasteiger partial charge in [0.2, 0.25) is 5.91 Å². The quantitative estimate of drug-likeness (QED) is 0.261. The van der Waals surface area contributed by atoms with Crippen molar-refractivity contribution in [1.82, 2.24) is 14.4 Å². The molecule has 254 valence electrons. The Morgan fingerprint density at radius 3 is 2.53 bits per heavy atom. The van der Waals surface area contributed by atoms with Gasteiger partial charge in [-0.3, -0.25) is 14.5 Å². The van der Waals surface area contributed by atoms with Crippen molar-refractivity contribution in [3.05, 3.63) is 63.8 Å². The highest BCUT2D eigenvalue weighted by atomic mass is 35.5. The molecule has 47 heavy (non-hydrogen) atoms. The second-order valence-electron chi connectivity index (χ2n) is 13.5. The summed E-state index contributed by atoms with van der Waals surface area (Å²) in [5.41, 5.74) is 2.19. The Hall–Kier alpha value is -2.79. The number of rotatable bonds is 8. The zero-order valence-electron chi connectivity index (χ0n) is 26.7. The first-order chi connectivity index (χ1) is 22.4. The fourth-order valence-corrected chi connectivity index (χ4v) is 8.08. The maximum absolute atomic E-state index is 13.9. The van der Waals surface area contributed by atoms with Crippen LogP contribution < -0.4 is 5.32 Å². The zero-order valence-corrected chi connectivity index (χ0v) is 28.2. The van der Waals surface area contributed by atoms with Gasteiger partial charge in [0.1, 0.15) is 6.04 Å². The van der Waals surface area contributed by atoms with Crippen LogP contribution in [0.25, 0.3) is 10.9 Å². The monoisotopic (exact) mass is 692 g/mol. The number of carbonyl (C=O) groups is 2. The highest BCUT2D eigenvalue weighted by Gasteiger charge is 2.50. The van der Waals surface area contributed by atoms with Crippen LogP contribution in [-0.2, 0) is 23.0 Å². The van der Waals surface area contributed by atoms with Crippen LogP contribution in [0, 0.1) is 5.92 Å². The van der Waals surface area contributed by atoms with E-state index >= 15 is 0 Å². The van der Waals surface area contributed by atoms with E-state index in [1.807, 2.05) is 35.9 Å². The van der Waals surface area contributed by atoms with Crippen LogP contribution >= 0.6 is 23.2 Å². The molecule has 2 aliphatic heterocycles. The van der Waals surface area contributed by atoms with Gasteiger partial charge in [0.05, 0.1) is 41.4 Å². The van der Waals surface area contributed by atoms with E-state index in [9.17, 15) is 22.8 Å². The molecule has 1 N–H and O–H groups in total. The van der Waals surface area contributed by atoms with Crippen LogP contribution in [0.15, 0.2) is 42.6 Å². The minimum absolute atomic E-state index is 0.0763. The highest BCUT2D eigenvalue weighted by Crippen LogP contribution is 2.38. The first-order valence-electron chi connectivity index (χ1n) is 16.5. The van der Waals surface area contributed by atoms with E-state index in [1.165, 1.54) is 6.07 Å². The summed E-state index contributed by atoms with van der Waals surface area (Å²) in [6.07, 6.45) is 2.50. The molecule has 6 rings (SSSR count). The van der Waals surface area contributed by atoms with Gasteiger partial charge in [-0.1, -0.05) is 48.3 Å². The number of benzene rings is 2. The number of halogens is 5. The van der Waals surface area contributed by atoms with Crippen LogP contribution in [0.3, 0.4) is 0 Å². The average Bonchev–Trinajstić information content (AvgIpc) is 3.77. The Labute approximate surface area is 283 Å². The first-order valence-corrected chi connectivity index (χ1v) is 17.2. The molecule has 7 nitrogen and oxygen atoms in total. The van der Waals surface area contributed by atoms with E-state index in [2.05, 4.69) is 12.2 Å². The van der Waals surface area contributed by atoms with Gasteiger partial charge in [-0.25, -0.2) is 0 Å². The van der Waals surface area contributed by atoms with Crippen molar-refractivity contribution < 1.29 is 27.5 Å². The Morgan fingerprint density at radius 1 is 1.04 bits per heavy atom. The summed E-state index contributed by atoms with van der Waals surface area (Å²) in [6.45, 7) is 3.08. The number of anilines is 1. The standard InChI is InChI=1S/C35H41Cl2F3N4O3/c1-21-9-11-25(12-10-21)47-20-24-16-23(43-13-5-8-32(43)35(38,39)40)18-44(24)33(45)15-22-14-29(37)30(17-28(22)36)41-34(46)27-19-42(2)31-7-4-3-6-26(27)31/h3-4,6-7,14,17,19,21,23-25,32H,5,8-13,15-16,18,20H2,1-2H3,(H,41,46). The summed E-state index contributed by atoms with van der Waals surface area (Å²) in [6, 6.07) is 8.44. The SMILES string of the molecule is CC1CCC(OCC2CC(N3CCCC3C(F)(F)F)CN2C(=O)Cc2cc(Cl)c(NC(=O)c3cn(C)c4ccccc34)cc2Cl)CC1. The van der Waals surface area contributed by atoms with Gasteiger partial charge in [-0.2, -0.15) is 13.2 Å². The van der Waals surface area contributed by atoms with Crippen LogP contribution in [0.4, 0.5) is 18.9 Å². The number of fused-ring (bicyclic) bond motifs is 1. The molecule has 1 aliphatic carbocycles. The third kappa shape index (κ3) is 7.46. The number of hydrogen-bond donors (Lipinski definition) is 1. The molecule has 2 amide bonds. The van der Waals surface area contributed by atoms with Crippen molar-refractivity contribution in [1.29, 1.82) is 0 Å². The minimum Gasteiger partial charge on any atom is -0.376 e. The van der Waals surface area contributed by atoms with E-state index in [1.54, 1.807) is 22.1 Å². The summed E-state index contributed by atoms with van der Waals surface area (Å²) in [5.74, 6) is 0.0698. The Kier molecular flexibility index (Phi) is 10.1. The molecule has 3 heterocycles. The van der Waals surface area contributed by atoms with Gasteiger partial charge in [0, 0.05) is 41.8 Å². The minimum atomic E-state index is -4.31. The van der Waals surface area contributed by atoms with E-state index < -0.39 is 18.3 Å².